The third-order valence-corrected chi connectivity index (χ3v) is 11.2. The number of carboxylic acids is 1. The number of thiazole rings is 1. The van der Waals surface area contributed by atoms with Gasteiger partial charge in [-0.2, -0.15) is 0 Å². The Morgan fingerprint density at radius 2 is 1.83 bits per heavy atom. The van der Waals surface area contributed by atoms with E-state index in [1.165, 1.54) is 40.5 Å². The van der Waals surface area contributed by atoms with Crippen LogP contribution in [0.2, 0.25) is 0 Å². The number of anilines is 1. The number of nitro groups is 1. The molecule has 2 N–H and O–H groups in total. The van der Waals surface area contributed by atoms with Gasteiger partial charge in [0.05, 0.1) is 53.7 Å². The molecule has 2 atom stereocenters. The fraction of sp³-hybridized carbons (Fsp3) is 0.188. The molecule has 2 aliphatic heterocycles. The molecular weight excluding hydrogens is 663 g/mol. The SMILES string of the molecule is O=C1NC(=Nc2cccc(C(=O)O)c2)S/C1=C\c1ccc(Sc2nc3ccc(N4C(=O)[C@@H]5CCCC[C@H]5C4=O)cc3s2)c([N+](=O)[O-])c1. The summed E-state index contributed by atoms with van der Waals surface area (Å²) >= 11 is 3.48. The summed E-state index contributed by atoms with van der Waals surface area (Å²) in [6.45, 7) is 0. The molecule has 15 heteroatoms. The number of thioether (sulfide) groups is 1. The zero-order valence-corrected chi connectivity index (χ0v) is 26.7. The fourth-order valence-corrected chi connectivity index (χ4v) is 8.88. The Balaban J connectivity index is 1.10. The summed E-state index contributed by atoms with van der Waals surface area (Å²) in [5.74, 6) is -2.33. The van der Waals surface area contributed by atoms with Crippen molar-refractivity contribution in [2.24, 2.45) is 16.8 Å². The van der Waals surface area contributed by atoms with E-state index < -0.39 is 16.8 Å². The van der Waals surface area contributed by atoms with Crippen molar-refractivity contribution in [2.45, 2.75) is 34.9 Å². The van der Waals surface area contributed by atoms with Gasteiger partial charge in [0.1, 0.15) is 0 Å². The zero-order valence-electron chi connectivity index (χ0n) is 24.2. The lowest BCUT2D eigenvalue weighted by molar-refractivity contribution is -0.387. The lowest BCUT2D eigenvalue weighted by Gasteiger charge is -2.19. The number of hydrogen-bond acceptors (Lipinski definition) is 11. The number of carboxylic acid groups (broad SMARTS) is 1. The van der Waals surface area contributed by atoms with E-state index in [9.17, 15) is 34.4 Å². The highest BCUT2D eigenvalue weighted by Crippen LogP contribution is 2.43. The molecule has 1 aliphatic carbocycles. The van der Waals surface area contributed by atoms with Gasteiger partial charge in [0.25, 0.3) is 11.6 Å². The number of carbonyl (C=O) groups is 4. The van der Waals surface area contributed by atoms with Crippen LogP contribution in [0.4, 0.5) is 17.1 Å². The zero-order chi connectivity index (χ0) is 32.8. The minimum absolute atomic E-state index is 0.0603. The maximum atomic E-state index is 13.1. The van der Waals surface area contributed by atoms with Crippen molar-refractivity contribution in [3.05, 3.63) is 86.8 Å². The molecule has 47 heavy (non-hydrogen) atoms. The molecule has 7 rings (SSSR count). The van der Waals surface area contributed by atoms with Gasteiger partial charge in [-0.15, -0.1) is 11.3 Å². The average molecular weight is 686 g/mol. The molecule has 0 bridgehead atoms. The average Bonchev–Trinajstić information content (AvgIpc) is 3.69. The van der Waals surface area contributed by atoms with Crippen molar-refractivity contribution in [1.82, 2.24) is 10.3 Å². The second-order valence-corrected chi connectivity index (χ2v) is 14.4. The number of nitrogens with one attached hydrogen (secondary N) is 1. The van der Waals surface area contributed by atoms with Crippen LogP contribution in [0.3, 0.4) is 0 Å². The topological polar surface area (TPSA) is 172 Å². The number of carbonyl (C=O) groups excluding carboxylic acids is 3. The monoisotopic (exact) mass is 685 g/mol. The summed E-state index contributed by atoms with van der Waals surface area (Å²) in [6.07, 6.45) is 4.88. The van der Waals surface area contributed by atoms with Crippen LogP contribution in [0.15, 0.2) is 79.8 Å². The second-order valence-electron chi connectivity index (χ2n) is 11.1. The van der Waals surface area contributed by atoms with Crippen molar-refractivity contribution < 1.29 is 29.2 Å². The lowest BCUT2D eigenvalue weighted by atomic mass is 9.81. The highest BCUT2D eigenvalue weighted by molar-refractivity contribution is 8.18. The summed E-state index contributed by atoms with van der Waals surface area (Å²) in [5, 5.41) is 24.1. The van der Waals surface area contributed by atoms with Crippen LogP contribution in [0.25, 0.3) is 16.3 Å². The van der Waals surface area contributed by atoms with Crippen LogP contribution in [-0.4, -0.2) is 43.9 Å². The predicted molar refractivity (Wildman–Crippen MR) is 179 cm³/mol. The number of aromatic carboxylic acids is 1. The number of aliphatic imine (C=N–C) groups is 1. The summed E-state index contributed by atoms with van der Waals surface area (Å²) in [5.41, 5.74) is 1.85. The third kappa shape index (κ3) is 6.04. The number of nitrogens with zero attached hydrogens (tertiary/aromatic N) is 4. The first kappa shape index (κ1) is 30.8. The first-order valence-corrected chi connectivity index (χ1v) is 17.0. The Kier molecular flexibility index (Phi) is 8.11. The number of fused-ring (bicyclic) bond motifs is 2. The van der Waals surface area contributed by atoms with E-state index in [4.69, 9.17) is 0 Å². The van der Waals surface area contributed by atoms with Crippen LogP contribution < -0.4 is 10.2 Å². The lowest BCUT2D eigenvalue weighted by Crippen LogP contribution is -2.30. The van der Waals surface area contributed by atoms with E-state index in [0.717, 1.165) is 53.9 Å². The van der Waals surface area contributed by atoms with Crippen LogP contribution in [0.1, 0.15) is 41.6 Å². The maximum Gasteiger partial charge on any atom is 0.335 e. The Hall–Kier alpha value is -4.86. The van der Waals surface area contributed by atoms with Gasteiger partial charge < -0.3 is 10.4 Å². The molecule has 3 fully saturated rings. The maximum absolute atomic E-state index is 13.1. The Morgan fingerprint density at radius 1 is 1.06 bits per heavy atom. The van der Waals surface area contributed by atoms with E-state index in [1.54, 1.807) is 42.5 Å². The first-order chi connectivity index (χ1) is 22.6. The molecular formula is C32H23N5O7S3. The fourth-order valence-electron chi connectivity index (χ4n) is 5.90. The minimum Gasteiger partial charge on any atom is -0.478 e. The summed E-state index contributed by atoms with van der Waals surface area (Å²) < 4.78 is 1.30. The summed E-state index contributed by atoms with van der Waals surface area (Å²) in [6, 6.07) is 15.9. The number of nitro benzene ring substituents is 1. The Morgan fingerprint density at radius 3 is 2.55 bits per heavy atom. The van der Waals surface area contributed by atoms with Crippen LogP contribution >= 0.6 is 34.9 Å². The molecule has 3 heterocycles. The largest absolute Gasteiger partial charge is 0.478 e. The van der Waals surface area contributed by atoms with Gasteiger partial charge in [0.2, 0.25) is 11.8 Å². The Labute approximate surface area is 279 Å². The molecule has 1 aromatic heterocycles. The molecule has 3 amide bonds. The van der Waals surface area contributed by atoms with Gasteiger partial charge in [-0.25, -0.2) is 14.8 Å². The van der Waals surface area contributed by atoms with Crippen molar-refractivity contribution in [3.63, 3.8) is 0 Å². The molecule has 3 aliphatic rings. The predicted octanol–water partition coefficient (Wildman–Crippen LogP) is 6.63. The van der Waals surface area contributed by atoms with Gasteiger partial charge in [-0.1, -0.05) is 36.7 Å². The number of benzene rings is 3. The molecule has 12 nitrogen and oxygen atoms in total. The van der Waals surface area contributed by atoms with Gasteiger partial charge in [-0.3, -0.25) is 29.4 Å². The van der Waals surface area contributed by atoms with Crippen molar-refractivity contribution in [3.8, 4) is 0 Å². The number of rotatable bonds is 7. The quantitative estimate of drug-likeness (QED) is 0.0931. The van der Waals surface area contributed by atoms with E-state index >= 15 is 0 Å². The molecule has 2 saturated heterocycles. The first-order valence-electron chi connectivity index (χ1n) is 14.5. The van der Waals surface area contributed by atoms with E-state index in [1.807, 2.05) is 0 Å². The second kappa shape index (κ2) is 12.4. The van der Waals surface area contributed by atoms with E-state index in [2.05, 4.69) is 15.3 Å². The number of imide groups is 1. The van der Waals surface area contributed by atoms with Gasteiger partial charge in [0, 0.05) is 6.07 Å². The minimum atomic E-state index is -1.10. The molecule has 0 spiro atoms. The normalized spacial score (nSPS) is 21.1. The van der Waals surface area contributed by atoms with Gasteiger partial charge in [0.15, 0.2) is 9.51 Å². The highest BCUT2D eigenvalue weighted by atomic mass is 32.2. The van der Waals surface area contributed by atoms with Crippen LogP contribution in [0.5, 0.6) is 0 Å². The van der Waals surface area contributed by atoms with Gasteiger partial charge in [-0.05, 0) is 78.7 Å². The molecule has 3 aromatic carbocycles. The summed E-state index contributed by atoms with van der Waals surface area (Å²) in [4.78, 5) is 72.5. The molecule has 236 valence electrons. The highest BCUT2D eigenvalue weighted by Gasteiger charge is 2.48. The standard InChI is InChI=1S/C32H23N5O7S3/c38-27-26(45-31(35-27)33-18-5-3-4-17(14-18)30(41)42)13-16-8-11-24(23(12-16)37(43)44)46-32-34-22-10-9-19(15-25(22)47-32)36-28(39)20-6-1-2-7-21(20)29(36)40/h3-5,8-15,20-21H,1-2,6-7H2,(H,41,42)(H,33,35,38)/b26-13-/t20-,21-/m1/s1. The molecule has 0 unspecified atom stereocenters. The van der Waals surface area contributed by atoms with Crippen LogP contribution in [-0.2, 0) is 14.4 Å². The molecule has 1 saturated carbocycles. The summed E-state index contributed by atoms with van der Waals surface area (Å²) in [7, 11) is 0. The van der Waals surface area contributed by atoms with Gasteiger partial charge >= 0.3 is 5.97 Å². The van der Waals surface area contributed by atoms with E-state index in [-0.39, 0.29) is 45.0 Å². The Bertz CT molecular complexity index is 2070. The molecule has 0 radical (unpaired) electrons. The number of hydrogen-bond donors (Lipinski definition) is 2. The number of amidine groups is 1. The number of amides is 3. The van der Waals surface area contributed by atoms with E-state index in [0.29, 0.717) is 31.7 Å². The van der Waals surface area contributed by atoms with Crippen LogP contribution in [0, 0.1) is 22.0 Å². The van der Waals surface area contributed by atoms with Crippen molar-refractivity contribution in [1.29, 1.82) is 0 Å². The third-order valence-electron chi connectivity index (χ3n) is 8.10. The van der Waals surface area contributed by atoms with Crippen molar-refractivity contribution in [2.75, 3.05) is 4.90 Å². The molecule has 4 aromatic rings. The van der Waals surface area contributed by atoms with Crippen molar-refractivity contribution >= 4 is 97.1 Å². The number of aromatic nitrogens is 1. The smallest absolute Gasteiger partial charge is 0.335 e.